The zero-order chi connectivity index (χ0) is 28.3. The Bertz CT molecular complexity index is 1740. The summed E-state index contributed by atoms with van der Waals surface area (Å²) in [6.45, 7) is 2.44. The fraction of sp³-hybridized carbons (Fsp3) is 0.250. The van der Waals surface area contributed by atoms with Crippen LogP contribution in [0.4, 0.5) is 0 Å². The van der Waals surface area contributed by atoms with Gasteiger partial charge < -0.3 is 10.1 Å². The number of ether oxygens (including phenoxy) is 1. The second-order valence-electron chi connectivity index (χ2n) is 10.5. The highest BCUT2D eigenvalue weighted by Gasteiger charge is 2.25. The molecule has 0 unspecified atom stereocenters. The number of rotatable bonds is 7. The molecule has 0 saturated heterocycles. The number of aromatic nitrogens is 4. The number of hydrogen-bond acceptors (Lipinski definition) is 5. The Morgan fingerprint density at radius 2 is 1.66 bits per heavy atom. The van der Waals surface area contributed by atoms with Gasteiger partial charge in [0.1, 0.15) is 11.5 Å². The van der Waals surface area contributed by atoms with Crippen molar-refractivity contribution in [3.8, 4) is 17.2 Å². The lowest BCUT2D eigenvalue weighted by Crippen LogP contribution is -2.39. The van der Waals surface area contributed by atoms with Gasteiger partial charge in [-0.1, -0.05) is 23.7 Å². The van der Waals surface area contributed by atoms with Gasteiger partial charge in [0.05, 0.1) is 33.0 Å². The lowest BCUT2D eigenvalue weighted by Gasteiger charge is -2.29. The molecule has 1 N–H and O–H groups in total. The lowest BCUT2D eigenvalue weighted by atomic mass is 9.85. The maximum absolute atomic E-state index is 13.8. The molecule has 1 aliphatic rings. The number of benzene rings is 2. The topological polar surface area (TPSA) is 91.0 Å². The molecule has 41 heavy (non-hydrogen) atoms. The van der Waals surface area contributed by atoms with Crippen LogP contribution in [-0.4, -0.2) is 31.1 Å². The SMILES string of the molecule is Cc1ncc(Cl)cc1C(=O)N[C@H]1CC[C@H](Cn2c(=O)n(-c3ccc(Oc4ccncc4)cc3)c3ccccc32)CC1. The van der Waals surface area contributed by atoms with E-state index in [0.29, 0.717) is 40.2 Å². The first-order valence-corrected chi connectivity index (χ1v) is 14.2. The van der Waals surface area contributed by atoms with Gasteiger partial charge in [-0.15, -0.1) is 0 Å². The summed E-state index contributed by atoms with van der Waals surface area (Å²) in [6, 6.07) is 20.8. The van der Waals surface area contributed by atoms with E-state index < -0.39 is 0 Å². The lowest BCUT2D eigenvalue weighted by molar-refractivity contribution is 0.0919. The Morgan fingerprint density at radius 1 is 0.976 bits per heavy atom. The van der Waals surface area contributed by atoms with Gasteiger partial charge in [0.25, 0.3) is 5.91 Å². The minimum atomic E-state index is -0.141. The summed E-state index contributed by atoms with van der Waals surface area (Å²) in [6.07, 6.45) is 8.47. The van der Waals surface area contributed by atoms with Gasteiger partial charge in [-0.3, -0.25) is 23.9 Å². The molecule has 2 aromatic carbocycles. The number of para-hydroxylation sites is 2. The summed E-state index contributed by atoms with van der Waals surface area (Å²) in [5.41, 5.74) is 3.67. The molecular weight excluding hydrogens is 538 g/mol. The number of fused-ring (bicyclic) bond motifs is 1. The smallest absolute Gasteiger partial charge is 0.333 e. The van der Waals surface area contributed by atoms with E-state index in [4.69, 9.17) is 16.3 Å². The van der Waals surface area contributed by atoms with E-state index in [1.807, 2.05) is 53.1 Å². The van der Waals surface area contributed by atoms with Crippen molar-refractivity contribution in [1.29, 1.82) is 0 Å². The molecule has 3 aromatic heterocycles. The molecule has 0 spiro atoms. The molecule has 1 saturated carbocycles. The van der Waals surface area contributed by atoms with E-state index in [0.717, 1.165) is 42.4 Å². The highest BCUT2D eigenvalue weighted by Crippen LogP contribution is 2.28. The summed E-state index contributed by atoms with van der Waals surface area (Å²) >= 11 is 6.05. The highest BCUT2D eigenvalue weighted by atomic mass is 35.5. The van der Waals surface area contributed by atoms with Crippen LogP contribution in [0.1, 0.15) is 41.7 Å². The second kappa shape index (κ2) is 11.6. The third kappa shape index (κ3) is 5.74. The number of pyridine rings is 2. The van der Waals surface area contributed by atoms with Crippen LogP contribution in [0.25, 0.3) is 16.7 Å². The first-order valence-electron chi connectivity index (χ1n) is 13.8. The Kier molecular flexibility index (Phi) is 7.57. The maximum atomic E-state index is 13.8. The molecule has 9 heteroatoms. The van der Waals surface area contributed by atoms with Gasteiger partial charge in [-0.25, -0.2) is 4.79 Å². The minimum absolute atomic E-state index is 0.0617. The van der Waals surface area contributed by atoms with E-state index in [9.17, 15) is 9.59 Å². The average Bonchev–Trinajstić information content (AvgIpc) is 3.27. The Hall–Kier alpha value is -4.43. The van der Waals surface area contributed by atoms with Crippen molar-refractivity contribution in [3.63, 3.8) is 0 Å². The van der Waals surface area contributed by atoms with Gasteiger partial charge in [0.15, 0.2) is 0 Å². The number of carbonyl (C=O) groups is 1. The summed E-state index contributed by atoms with van der Waals surface area (Å²) in [7, 11) is 0. The molecule has 0 aliphatic heterocycles. The number of carbonyl (C=O) groups excluding carboxylic acids is 1. The van der Waals surface area contributed by atoms with Crippen molar-refractivity contribution in [2.24, 2.45) is 5.92 Å². The Morgan fingerprint density at radius 3 is 2.39 bits per heavy atom. The normalized spacial score (nSPS) is 16.9. The van der Waals surface area contributed by atoms with Gasteiger partial charge in [0.2, 0.25) is 0 Å². The Labute approximate surface area is 242 Å². The van der Waals surface area contributed by atoms with Crippen molar-refractivity contribution in [2.75, 3.05) is 0 Å². The molecule has 3 heterocycles. The van der Waals surface area contributed by atoms with Crippen LogP contribution in [-0.2, 0) is 6.54 Å². The van der Waals surface area contributed by atoms with Crippen molar-refractivity contribution in [1.82, 2.24) is 24.4 Å². The van der Waals surface area contributed by atoms with Crippen LogP contribution in [0.15, 0.2) is 90.1 Å². The molecule has 5 aromatic rings. The molecule has 1 aliphatic carbocycles. The van der Waals surface area contributed by atoms with E-state index in [2.05, 4.69) is 15.3 Å². The zero-order valence-corrected chi connectivity index (χ0v) is 23.4. The van der Waals surface area contributed by atoms with Crippen LogP contribution in [0.5, 0.6) is 11.5 Å². The van der Waals surface area contributed by atoms with E-state index in [-0.39, 0.29) is 17.6 Å². The molecule has 0 bridgehead atoms. The van der Waals surface area contributed by atoms with Crippen LogP contribution in [0, 0.1) is 12.8 Å². The molecule has 0 radical (unpaired) electrons. The largest absolute Gasteiger partial charge is 0.457 e. The minimum Gasteiger partial charge on any atom is -0.457 e. The molecular formula is C32H30ClN5O3. The summed E-state index contributed by atoms with van der Waals surface area (Å²) in [4.78, 5) is 34.8. The van der Waals surface area contributed by atoms with Crippen molar-refractivity contribution >= 4 is 28.5 Å². The predicted octanol–water partition coefficient (Wildman–Crippen LogP) is 6.33. The van der Waals surface area contributed by atoms with Crippen LogP contribution < -0.4 is 15.7 Å². The molecule has 8 nitrogen and oxygen atoms in total. The number of amides is 1. The third-order valence-corrected chi connectivity index (χ3v) is 7.94. The van der Waals surface area contributed by atoms with Gasteiger partial charge >= 0.3 is 5.69 Å². The molecule has 6 rings (SSSR count). The highest BCUT2D eigenvalue weighted by molar-refractivity contribution is 6.30. The molecule has 1 fully saturated rings. The van der Waals surface area contributed by atoms with E-state index in [1.54, 1.807) is 48.3 Å². The number of hydrogen-bond donors (Lipinski definition) is 1. The number of aryl methyl sites for hydroxylation is 1. The average molecular weight is 568 g/mol. The van der Waals surface area contributed by atoms with Gasteiger partial charge in [0, 0.05) is 31.2 Å². The molecule has 1 amide bonds. The van der Waals surface area contributed by atoms with Crippen molar-refractivity contribution in [3.05, 3.63) is 112 Å². The van der Waals surface area contributed by atoms with E-state index >= 15 is 0 Å². The Balaban J connectivity index is 1.16. The summed E-state index contributed by atoms with van der Waals surface area (Å²) < 4.78 is 9.55. The second-order valence-corrected chi connectivity index (χ2v) is 10.9. The quantitative estimate of drug-likeness (QED) is 0.248. The third-order valence-electron chi connectivity index (χ3n) is 7.74. The maximum Gasteiger partial charge on any atom is 0.333 e. The van der Waals surface area contributed by atoms with Crippen LogP contribution in [0.3, 0.4) is 0 Å². The van der Waals surface area contributed by atoms with Crippen LogP contribution >= 0.6 is 11.6 Å². The predicted molar refractivity (Wildman–Crippen MR) is 159 cm³/mol. The fourth-order valence-corrected chi connectivity index (χ4v) is 5.75. The van der Waals surface area contributed by atoms with Gasteiger partial charge in [-0.05, 0) is 93.1 Å². The monoisotopic (exact) mass is 567 g/mol. The van der Waals surface area contributed by atoms with Crippen molar-refractivity contribution < 1.29 is 9.53 Å². The summed E-state index contributed by atoms with van der Waals surface area (Å²) in [5, 5.41) is 3.60. The summed E-state index contributed by atoms with van der Waals surface area (Å²) in [5.74, 6) is 1.58. The zero-order valence-electron chi connectivity index (χ0n) is 22.7. The van der Waals surface area contributed by atoms with Gasteiger partial charge in [-0.2, -0.15) is 0 Å². The van der Waals surface area contributed by atoms with Crippen LogP contribution in [0.2, 0.25) is 5.02 Å². The number of halogens is 1. The molecule has 0 atom stereocenters. The first-order chi connectivity index (χ1) is 20.0. The molecule has 208 valence electrons. The number of nitrogens with zero attached hydrogens (tertiary/aromatic N) is 4. The fourth-order valence-electron chi connectivity index (χ4n) is 5.59. The van der Waals surface area contributed by atoms with Crippen molar-refractivity contribution in [2.45, 2.75) is 45.2 Å². The standard InChI is InChI=1S/C32H30ClN5O3/c1-21-28(18-23(33)19-35-21)31(39)36-24-8-6-22(7-9-24)20-37-29-4-2-3-5-30(29)38(32(37)40)25-10-12-26(13-11-25)41-27-14-16-34-17-15-27/h2-5,10-19,22,24H,6-9,20H2,1H3,(H,36,39)/t22-,24-. The number of nitrogens with one attached hydrogen (secondary N) is 1. The van der Waals surface area contributed by atoms with E-state index in [1.165, 1.54) is 0 Å². The number of imidazole rings is 1. The first kappa shape index (κ1) is 26.8.